The predicted octanol–water partition coefficient (Wildman–Crippen LogP) is 2.07. The summed E-state index contributed by atoms with van der Waals surface area (Å²) in [6.07, 6.45) is -0.187. The van der Waals surface area contributed by atoms with E-state index in [2.05, 4.69) is 0 Å². The molecule has 1 aromatic rings. The molecule has 1 heterocycles. The molecule has 24 heavy (non-hydrogen) atoms. The maximum Gasteiger partial charge on any atom is 0.325 e. The van der Waals surface area contributed by atoms with Gasteiger partial charge in [0.1, 0.15) is 11.6 Å². The van der Waals surface area contributed by atoms with Gasteiger partial charge in [-0.3, -0.25) is 14.5 Å². The molecule has 0 unspecified atom stereocenters. The van der Waals surface area contributed by atoms with Crippen molar-refractivity contribution in [2.45, 2.75) is 51.9 Å². The molecule has 1 saturated heterocycles. The van der Waals surface area contributed by atoms with Crippen LogP contribution in [-0.2, 0) is 14.3 Å². The molecule has 1 aromatic carbocycles. The highest BCUT2D eigenvalue weighted by Gasteiger charge is 2.43. The fraction of sp³-hybridized carbons (Fsp3) is 0.556. The summed E-state index contributed by atoms with van der Waals surface area (Å²) in [6.45, 7) is 7.79. The van der Waals surface area contributed by atoms with Crippen molar-refractivity contribution in [1.29, 1.82) is 0 Å². The van der Waals surface area contributed by atoms with Crippen LogP contribution >= 0.6 is 0 Å². The highest BCUT2D eigenvalue weighted by atomic mass is 16.6. The van der Waals surface area contributed by atoms with E-state index < -0.39 is 29.7 Å². The molecule has 0 aliphatic carbocycles. The maximum absolute atomic E-state index is 12.3. The third-order valence-corrected chi connectivity index (χ3v) is 4.16. The van der Waals surface area contributed by atoms with Crippen molar-refractivity contribution in [3.05, 3.63) is 35.4 Å². The van der Waals surface area contributed by atoms with Gasteiger partial charge in [-0.15, -0.1) is 0 Å². The largest absolute Gasteiger partial charge is 0.480 e. The molecule has 6 heteroatoms. The first kappa shape index (κ1) is 18.4. The molecule has 1 aliphatic rings. The van der Waals surface area contributed by atoms with Crippen LogP contribution in [-0.4, -0.2) is 40.3 Å². The molecule has 2 rings (SSSR count). The Bertz CT molecular complexity index is 606. The number of carbonyl (C=O) groups is 2. The Labute approximate surface area is 142 Å². The second-order valence-corrected chi connectivity index (χ2v) is 7.31. The molecule has 1 aliphatic heterocycles. The number of benzene rings is 1. The van der Waals surface area contributed by atoms with Crippen molar-refractivity contribution in [1.82, 2.24) is 4.90 Å². The summed E-state index contributed by atoms with van der Waals surface area (Å²) in [4.78, 5) is 25.8. The second kappa shape index (κ2) is 6.91. The van der Waals surface area contributed by atoms with E-state index in [1.807, 2.05) is 19.1 Å². The number of ether oxygens (including phenoxy) is 1. The highest BCUT2D eigenvalue weighted by Crippen LogP contribution is 2.32. The first-order valence-corrected chi connectivity index (χ1v) is 8.14. The van der Waals surface area contributed by atoms with Crippen LogP contribution in [0.3, 0.4) is 0 Å². The molecule has 6 nitrogen and oxygen atoms in total. The smallest absolute Gasteiger partial charge is 0.325 e. The molecule has 0 bridgehead atoms. The summed E-state index contributed by atoms with van der Waals surface area (Å²) in [5.41, 5.74) is 7.34. The Kier molecular flexibility index (Phi) is 5.30. The Balaban J connectivity index is 2.19. The summed E-state index contributed by atoms with van der Waals surface area (Å²) in [7, 11) is 0. The number of hydrogen-bond donors (Lipinski definition) is 2. The van der Waals surface area contributed by atoms with E-state index in [9.17, 15) is 14.7 Å². The van der Waals surface area contributed by atoms with Crippen LogP contribution in [0, 0.1) is 12.8 Å². The third kappa shape index (κ3) is 4.13. The lowest BCUT2D eigenvalue weighted by Crippen LogP contribution is -2.47. The Morgan fingerprint density at radius 3 is 2.38 bits per heavy atom. The summed E-state index contributed by atoms with van der Waals surface area (Å²) in [6, 6.07) is 6.47. The van der Waals surface area contributed by atoms with Crippen molar-refractivity contribution in [3.63, 3.8) is 0 Å². The lowest BCUT2D eigenvalue weighted by Gasteiger charge is -2.30. The number of rotatable bonds is 4. The van der Waals surface area contributed by atoms with Gasteiger partial charge in [-0.05, 0) is 39.7 Å². The number of esters is 1. The molecule has 132 valence electrons. The van der Waals surface area contributed by atoms with Crippen LogP contribution in [0.1, 0.15) is 44.4 Å². The third-order valence-electron chi connectivity index (χ3n) is 4.16. The van der Waals surface area contributed by atoms with Crippen LogP contribution in [0.4, 0.5) is 0 Å². The van der Waals surface area contributed by atoms with Gasteiger partial charge in [-0.25, -0.2) is 0 Å². The molecule has 0 aromatic heterocycles. The van der Waals surface area contributed by atoms with E-state index in [1.165, 1.54) is 0 Å². The van der Waals surface area contributed by atoms with Gasteiger partial charge in [-0.1, -0.05) is 29.8 Å². The van der Waals surface area contributed by atoms with Gasteiger partial charge in [0.15, 0.2) is 0 Å². The molecule has 1 fully saturated rings. The Hall–Kier alpha value is -1.92. The van der Waals surface area contributed by atoms with E-state index in [1.54, 1.807) is 37.8 Å². The fourth-order valence-corrected chi connectivity index (χ4v) is 3.00. The number of likely N-dealkylation sites (tertiary alicyclic amines) is 1. The first-order chi connectivity index (χ1) is 11.1. The van der Waals surface area contributed by atoms with E-state index in [4.69, 9.17) is 10.5 Å². The monoisotopic (exact) mass is 334 g/mol. The second-order valence-electron chi connectivity index (χ2n) is 7.31. The van der Waals surface area contributed by atoms with Gasteiger partial charge >= 0.3 is 11.9 Å². The molecule has 0 radical (unpaired) electrons. The normalized spacial score (nSPS) is 23.0. The fourth-order valence-electron chi connectivity index (χ4n) is 3.00. The average Bonchev–Trinajstić information content (AvgIpc) is 2.81. The number of carboxylic acid groups (broad SMARTS) is 1. The molecule has 3 atom stereocenters. The number of nitrogens with zero attached hydrogens (tertiary/aromatic N) is 1. The van der Waals surface area contributed by atoms with Crippen molar-refractivity contribution in [2.24, 2.45) is 11.7 Å². The number of nitrogens with two attached hydrogens (primary N) is 1. The summed E-state index contributed by atoms with van der Waals surface area (Å²) in [5.74, 6) is -1.86. The van der Waals surface area contributed by atoms with Crippen LogP contribution in [0.2, 0.25) is 0 Å². The van der Waals surface area contributed by atoms with E-state index in [-0.39, 0.29) is 5.97 Å². The van der Waals surface area contributed by atoms with Crippen LogP contribution in [0.5, 0.6) is 0 Å². The minimum absolute atomic E-state index is 0.370. The summed E-state index contributed by atoms with van der Waals surface area (Å²) >= 11 is 0. The van der Waals surface area contributed by atoms with Crippen LogP contribution < -0.4 is 5.73 Å². The van der Waals surface area contributed by atoms with E-state index in [0.717, 1.165) is 5.56 Å². The molecule has 0 spiro atoms. The SMILES string of the molecule is Cc1ccc([C@H](C(=O)O)N2CC[C@H](C(=O)OC(C)(C)C)[C@@H]2N)cc1. The number of aryl methyl sites for hydroxylation is 1. The molecular weight excluding hydrogens is 308 g/mol. The number of aliphatic carboxylic acids is 1. The predicted molar refractivity (Wildman–Crippen MR) is 90.2 cm³/mol. The Morgan fingerprint density at radius 2 is 1.88 bits per heavy atom. The average molecular weight is 334 g/mol. The van der Waals surface area contributed by atoms with E-state index in [0.29, 0.717) is 18.5 Å². The van der Waals surface area contributed by atoms with Crippen molar-refractivity contribution >= 4 is 11.9 Å². The van der Waals surface area contributed by atoms with E-state index >= 15 is 0 Å². The first-order valence-electron chi connectivity index (χ1n) is 8.14. The van der Waals surface area contributed by atoms with Crippen molar-refractivity contribution < 1.29 is 19.4 Å². The quantitative estimate of drug-likeness (QED) is 0.819. The molecule has 3 N–H and O–H groups in total. The number of hydrogen-bond acceptors (Lipinski definition) is 5. The summed E-state index contributed by atoms with van der Waals surface area (Å²) < 4.78 is 5.41. The van der Waals surface area contributed by atoms with Crippen molar-refractivity contribution in [2.75, 3.05) is 6.54 Å². The standard InChI is InChI=1S/C18H26N2O4/c1-11-5-7-12(8-6-11)14(16(21)22)20-10-9-13(15(20)19)17(23)24-18(2,3)4/h5-8,13-15H,9-10,19H2,1-4H3,(H,21,22)/t13-,14+,15+/m0/s1. The summed E-state index contributed by atoms with van der Waals surface area (Å²) in [5, 5.41) is 9.67. The maximum atomic E-state index is 12.3. The minimum Gasteiger partial charge on any atom is -0.480 e. The van der Waals surface area contributed by atoms with Gasteiger partial charge < -0.3 is 15.6 Å². The molecule has 0 saturated carbocycles. The molecule has 0 amide bonds. The van der Waals surface area contributed by atoms with Crippen LogP contribution in [0.15, 0.2) is 24.3 Å². The minimum atomic E-state index is -0.973. The van der Waals surface area contributed by atoms with Gasteiger partial charge in [0, 0.05) is 6.54 Å². The zero-order chi connectivity index (χ0) is 18.1. The number of carbonyl (C=O) groups excluding carboxylic acids is 1. The number of carboxylic acids is 1. The highest BCUT2D eigenvalue weighted by molar-refractivity contribution is 5.77. The zero-order valence-corrected chi connectivity index (χ0v) is 14.7. The lowest BCUT2D eigenvalue weighted by atomic mass is 10.0. The van der Waals surface area contributed by atoms with Gasteiger partial charge in [0.05, 0.1) is 12.1 Å². The molecular formula is C18H26N2O4. The van der Waals surface area contributed by atoms with Gasteiger partial charge in [-0.2, -0.15) is 0 Å². The van der Waals surface area contributed by atoms with Crippen molar-refractivity contribution in [3.8, 4) is 0 Å². The Morgan fingerprint density at radius 1 is 1.29 bits per heavy atom. The topological polar surface area (TPSA) is 92.9 Å². The van der Waals surface area contributed by atoms with Gasteiger partial charge in [0.25, 0.3) is 0 Å². The zero-order valence-electron chi connectivity index (χ0n) is 14.7. The lowest BCUT2D eigenvalue weighted by molar-refractivity contribution is -0.161. The van der Waals surface area contributed by atoms with Crippen LogP contribution in [0.25, 0.3) is 0 Å². The van der Waals surface area contributed by atoms with Gasteiger partial charge in [0.2, 0.25) is 0 Å².